The van der Waals surface area contributed by atoms with E-state index in [1.54, 1.807) is 0 Å². The number of carbonyl (C=O) groups excluding carboxylic acids is 1. The van der Waals surface area contributed by atoms with Crippen LogP contribution in [0.2, 0.25) is 0 Å². The predicted molar refractivity (Wildman–Crippen MR) is 93.3 cm³/mol. The molecule has 6 nitrogen and oxygen atoms in total. The Kier molecular flexibility index (Phi) is 6.32. The molecule has 2 aliphatic rings. The van der Waals surface area contributed by atoms with Crippen LogP contribution in [0.3, 0.4) is 0 Å². The van der Waals surface area contributed by atoms with Crippen molar-refractivity contribution in [1.82, 2.24) is 10.6 Å². The number of nitrogens with one attached hydrogen (secondary N) is 2. The predicted octanol–water partition coefficient (Wildman–Crippen LogP) is 1.26. The number of hydrogen-bond donors (Lipinski definition) is 2. The van der Waals surface area contributed by atoms with Gasteiger partial charge in [-0.15, -0.1) is 12.4 Å². The van der Waals surface area contributed by atoms with Crippen molar-refractivity contribution in [3.63, 3.8) is 0 Å². The molecule has 3 rings (SSSR count). The van der Waals surface area contributed by atoms with Gasteiger partial charge in [0.15, 0.2) is 11.5 Å². The van der Waals surface area contributed by atoms with Crippen LogP contribution in [0.25, 0.3) is 0 Å². The summed E-state index contributed by atoms with van der Waals surface area (Å²) in [5.41, 5.74) is 0.887. The topological polar surface area (TPSA) is 68.8 Å². The average molecular weight is 357 g/mol. The third-order valence-electron chi connectivity index (χ3n) is 4.25. The minimum atomic E-state index is -0.403. The Balaban J connectivity index is 0.00000208. The van der Waals surface area contributed by atoms with Gasteiger partial charge in [0.1, 0.15) is 19.3 Å². The molecule has 1 saturated heterocycles. The number of morpholine rings is 1. The molecule has 0 aromatic heterocycles. The molecule has 0 saturated carbocycles. The Morgan fingerprint density at radius 1 is 1.25 bits per heavy atom. The van der Waals surface area contributed by atoms with Gasteiger partial charge in [-0.05, 0) is 17.7 Å². The molecule has 2 N–H and O–H groups in total. The molecule has 0 aliphatic carbocycles. The maximum atomic E-state index is 12.2. The number of carbonyl (C=O) groups is 1. The largest absolute Gasteiger partial charge is 0.486 e. The van der Waals surface area contributed by atoms with Crippen LogP contribution < -0.4 is 20.1 Å². The molecule has 24 heavy (non-hydrogen) atoms. The number of amides is 1. The van der Waals surface area contributed by atoms with E-state index in [2.05, 4.69) is 24.5 Å². The molecule has 2 heterocycles. The van der Waals surface area contributed by atoms with Gasteiger partial charge in [0.25, 0.3) is 0 Å². The van der Waals surface area contributed by atoms with Gasteiger partial charge in [0.2, 0.25) is 5.91 Å². The van der Waals surface area contributed by atoms with Crippen molar-refractivity contribution < 1.29 is 19.0 Å². The van der Waals surface area contributed by atoms with Crippen LogP contribution in [0.15, 0.2) is 18.2 Å². The summed E-state index contributed by atoms with van der Waals surface area (Å²) >= 11 is 0. The fourth-order valence-corrected chi connectivity index (χ4v) is 2.72. The monoisotopic (exact) mass is 356 g/mol. The summed E-state index contributed by atoms with van der Waals surface area (Å²) in [5.74, 6) is 1.48. The zero-order valence-corrected chi connectivity index (χ0v) is 14.9. The molecule has 0 bridgehead atoms. The molecule has 2 aliphatic heterocycles. The molecule has 0 spiro atoms. The summed E-state index contributed by atoms with van der Waals surface area (Å²) in [6.07, 6.45) is -0.403. The molecule has 1 atom stereocenters. The van der Waals surface area contributed by atoms with E-state index in [0.29, 0.717) is 32.9 Å². The van der Waals surface area contributed by atoms with Gasteiger partial charge in [0, 0.05) is 25.0 Å². The number of hydrogen-bond acceptors (Lipinski definition) is 5. The van der Waals surface area contributed by atoms with E-state index in [1.165, 1.54) is 0 Å². The van der Waals surface area contributed by atoms with E-state index < -0.39 is 6.10 Å². The smallest absolute Gasteiger partial charge is 0.250 e. The number of rotatable bonds is 4. The van der Waals surface area contributed by atoms with E-state index in [4.69, 9.17) is 14.2 Å². The Labute approximate surface area is 148 Å². The minimum Gasteiger partial charge on any atom is -0.486 e. The molecule has 1 amide bonds. The normalized spacial score (nSPS) is 20.0. The molecule has 1 aromatic carbocycles. The summed E-state index contributed by atoms with van der Waals surface area (Å²) in [7, 11) is 0. The fraction of sp³-hybridized carbons (Fsp3) is 0.588. The zero-order chi connectivity index (χ0) is 16.3. The number of ether oxygens (including phenoxy) is 3. The van der Waals surface area contributed by atoms with Crippen molar-refractivity contribution >= 4 is 18.3 Å². The number of benzene rings is 1. The molecule has 0 radical (unpaired) electrons. The number of fused-ring (bicyclic) bond motifs is 1. The van der Waals surface area contributed by atoms with Crippen LogP contribution in [0.5, 0.6) is 11.5 Å². The first-order valence-corrected chi connectivity index (χ1v) is 8.06. The van der Waals surface area contributed by atoms with Crippen LogP contribution in [0, 0.1) is 0 Å². The van der Waals surface area contributed by atoms with Crippen molar-refractivity contribution in [1.29, 1.82) is 0 Å². The Bertz CT molecular complexity index is 574. The first-order valence-electron chi connectivity index (χ1n) is 8.06. The zero-order valence-electron chi connectivity index (χ0n) is 14.1. The van der Waals surface area contributed by atoms with E-state index in [0.717, 1.165) is 23.6 Å². The first kappa shape index (κ1) is 18.8. The second-order valence-electron chi connectivity index (χ2n) is 6.52. The summed E-state index contributed by atoms with van der Waals surface area (Å²) in [6, 6.07) is 5.96. The van der Waals surface area contributed by atoms with Crippen LogP contribution in [-0.4, -0.2) is 51.5 Å². The minimum absolute atomic E-state index is 0. The SMILES string of the molecule is CC(C)(CNC(=O)C1CNCCO1)c1ccc2c(c1)OCCO2.Cl. The molecular weight excluding hydrogens is 332 g/mol. The highest BCUT2D eigenvalue weighted by Gasteiger charge is 2.27. The lowest BCUT2D eigenvalue weighted by molar-refractivity contribution is -0.134. The van der Waals surface area contributed by atoms with Gasteiger partial charge in [-0.3, -0.25) is 4.79 Å². The fourth-order valence-electron chi connectivity index (χ4n) is 2.72. The summed E-state index contributed by atoms with van der Waals surface area (Å²) in [5, 5.41) is 6.16. The molecule has 1 aromatic rings. The quantitative estimate of drug-likeness (QED) is 0.850. The first-order chi connectivity index (χ1) is 11.1. The standard InChI is InChI=1S/C17H24N2O4.ClH/c1-17(2,11-19-16(20)15-10-18-5-6-21-15)12-3-4-13-14(9-12)23-8-7-22-13;/h3-4,9,15,18H,5-8,10-11H2,1-2H3,(H,19,20);1H. The van der Waals surface area contributed by atoms with Gasteiger partial charge in [-0.2, -0.15) is 0 Å². The van der Waals surface area contributed by atoms with Gasteiger partial charge >= 0.3 is 0 Å². The second kappa shape index (κ2) is 8.05. The molecule has 1 unspecified atom stereocenters. The molecular formula is C17H25ClN2O4. The molecule has 134 valence electrons. The van der Waals surface area contributed by atoms with E-state index in [1.807, 2.05) is 18.2 Å². The van der Waals surface area contributed by atoms with Crippen LogP contribution in [-0.2, 0) is 14.9 Å². The summed E-state index contributed by atoms with van der Waals surface area (Å²) < 4.78 is 16.7. The lowest BCUT2D eigenvalue weighted by Crippen LogP contribution is -2.49. The van der Waals surface area contributed by atoms with Gasteiger partial charge < -0.3 is 24.8 Å². The van der Waals surface area contributed by atoms with Crippen molar-refractivity contribution in [2.45, 2.75) is 25.4 Å². The van der Waals surface area contributed by atoms with Gasteiger partial charge in [0.05, 0.1) is 6.61 Å². The van der Waals surface area contributed by atoms with E-state index in [-0.39, 0.29) is 23.7 Å². The maximum Gasteiger partial charge on any atom is 0.250 e. The van der Waals surface area contributed by atoms with Crippen molar-refractivity contribution in [3.8, 4) is 11.5 Å². The Morgan fingerprint density at radius 2 is 2.00 bits per heavy atom. The second-order valence-corrected chi connectivity index (χ2v) is 6.52. The van der Waals surface area contributed by atoms with Crippen molar-refractivity contribution in [2.24, 2.45) is 0 Å². The lowest BCUT2D eigenvalue weighted by atomic mass is 9.84. The lowest BCUT2D eigenvalue weighted by Gasteiger charge is -2.29. The maximum absolute atomic E-state index is 12.2. The summed E-state index contributed by atoms with van der Waals surface area (Å²) in [6.45, 7) is 7.82. The van der Waals surface area contributed by atoms with E-state index in [9.17, 15) is 4.79 Å². The molecule has 7 heteroatoms. The van der Waals surface area contributed by atoms with Gasteiger partial charge in [-0.25, -0.2) is 0 Å². The highest BCUT2D eigenvalue weighted by Crippen LogP contribution is 2.34. The number of halogens is 1. The molecule has 1 fully saturated rings. The Morgan fingerprint density at radius 3 is 2.71 bits per heavy atom. The average Bonchev–Trinajstić information content (AvgIpc) is 2.60. The van der Waals surface area contributed by atoms with Crippen molar-refractivity contribution in [3.05, 3.63) is 23.8 Å². The third-order valence-corrected chi connectivity index (χ3v) is 4.25. The third kappa shape index (κ3) is 4.32. The highest BCUT2D eigenvalue weighted by atomic mass is 35.5. The Hall–Kier alpha value is -1.50. The van der Waals surface area contributed by atoms with Crippen LogP contribution in [0.1, 0.15) is 19.4 Å². The van der Waals surface area contributed by atoms with E-state index >= 15 is 0 Å². The van der Waals surface area contributed by atoms with Crippen LogP contribution >= 0.6 is 12.4 Å². The van der Waals surface area contributed by atoms with Crippen LogP contribution in [0.4, 0.5) is 0 Å². The highest BCUT2D eigenvalue weighted by molar-refractivity contribution is 5.85. The van der Waals surface area contributed by atoms with Crippen molar-refractivity contribution in [2.75, 3.05) is 39.5 Å². The summed E-state index contributed by atoms with van der Waals surface area (Å²) in [4.78, 5) is 12.2. The van der Waals surface area contributed by atoms with Gasteiger partial charge in [-0.1, -0.05) is 19.9 Å².